The Bertz CT molecular complexity index is 882. The number of benzene rings is 2. The molecule has 134 valence electrons. The quantitative estimate of drug-likeness (QED) is 0.832. The van der Waals surface area contributed by atoms with Crippen molar-refractivity contribution in [2.24, 2.45) is 0 Å². The molecule has 0 atom stereocenters. The van der Waals surface area contributed by atoms with E-state index in [0.717, 1.165) is 22.5 Å². The molecule has 2 aromatic rings. The van der Waals surface area contributed by atoms with Crippen LogP contribution in [0.1, 0.15) is 18.1 Å². The summed E-state index contributed by atoms with van der Waals surface area (Å²) in [7, 11) is -3.63. The van der Waals surface area contributed by atoms with Crippen LogP contribution in [0.15, 0.2) is 42.5 Å². The van der Waals surface area contributed by atoms with Crippen LogP contribution < -0.4 is 9.62 Å². The molecule has 0 bridgehead atoms. The van der Waals surface area contributed by atoms with Gasteiger partial charge in [-0.1, -0.05) is 36.7 Å². The van der Waals surface area contributed by atoms with Crippen molar-refractivity contribution in [3.05, 3.63) is 58.6 Å². The minimum Gasteiger partial charge on any atom is -0.324 e. The lowest BCUT2D eigenvalue weighted by Gasteiger charge is -2.24. The molecule has 0 aromatic heterocycles. The van der Waals surface area contributed by atoms with E-state index in [1.54, 1.807) is 31.2 Å². The lowest BCUT2D eigenvalue weighted by molar-refractivity contribution is -0.114. The van der Waals surface area contributed by atoms with Crippen LogP contribution in [0.4, 0.5) is 11.4 Å². The molecule has 0 spiro atoms. The molecule has 1 amide bonds. The van der Waals surface area contributed by atoms with Crippen molar-refractivity contribution in [2.45, 2.75) is 20.3 Å². The maximum Gasteiger partial charge on any atom is 0.245 e. The maximum atomic E-state index is 12.4. The Hall–Kier alpha value is -2.05. The topological polar surface area (TPSA) is 66.5 Å². The normalized spacial score (nSPS) is 11.2. The Morgan fingerprint density at radius 3 is 2.48 bits per heavy atom. The van der Waals surface area contributed by atoms with Crippen molar-refractivity contribution in [1.29, 1.82) is 0 Å². The first-order chi connectivity index (χ1) is 11.7. The smallest absolute Gasteiger partial charge is 0.245 e. The summed E-state index contributed by atoms with van der Waals surface area (Å²) in [5.74, 6) is -0.402. The summed E-state index contributed by atoms with van der Waals surface area (Å²) in [5.41, 5.74) is 2.80. The van der Waals surface area contributed by atoms with E-state index in [1.807, 2.05) is 25.1 Å². The predicted octanol–water partition coefficient (Wildman–Crippen LogP) is 3.62. The summed E-state index contributed by atoms with van der Waals surface area (Å²) >= 11 is 5.94. The zero-order chi connectivity index (χ0) is 18.6. The zero-order valence-corrected chi connectivity index (χ0v) is 16.0. The third-order valence-electron chi connectivity index (χ3n) is 3.79. The van der Waals surface area contributed by atoms with Gasteiger partial charge in [0.1, 0.15) is 6.54 Å². The summed E-state index contributed by atoms with van der Waals surface area (Å²) in [5, 5.41) is 3.30. The fourth-order valence-corrected chi connectivity index (χ4v) is 3.69. The van der Waals surface area contributed by atoms with Crippen LogP contribution in [0.5, 0.6) is 0 Å². The molecule has 0 saturated heterocycles. The second-order valence-corrected chi connectivity index (χ2v) is 8.10. The van der Waals surface area contributed by atoms with Gasteiger partial charge >= 0.3 is 0 Å². The summed E-state index contributed by atoms with van der Waals surface area (Å²) in [6.45, 7) is 3.44. The van der Waals surface area contributed by atoms with Gasteiger partial charge in [-0.3, -0.25) is 9.10 Å². The monoisotopic (exact) mass is 380 g/mol. The molecule has 1 N–H and O–H groups in total. The van der Waals surface area contributed by atoms with E-state index >= 15 is 0 Å². The van der Waals surface area contributed by atoms with Gasteiger partial charge < -0.3 is 5.32 Å². The van der Waals surface area contributed by atoms with Gasteiger partial charge in [0, 0.05) is 10.7 Å². The van der Waals surface area contributed by atoms with Crippen molar-refractivity contribution >= 4 is 38.9 Å². The van der Waals surface area contributed by atoms with Gasteiger partial charge in [0.25, 0.3) is 0 Å². The first kappa shape index (κ1) is 19.3. The molecule has 2 aromatic carbocycles. The van der Waals surface area contributed by atoms with Crippen LogP contribution in [0.2, 0.25) is 5.02 Å². The largest absolute Gasteiger partial charge is 0.324 e. The Morgan fingerprint density at radius 2 is 1.88 bits per heavy atom. The highest BCUT2D eigenvalue weighted by Gasteiger charge is 2.22. The number of amides is 1. The lowest BCUT2D eigenvalue weighted by atomic mass is 10.1. The van der Waals surface area contributed by atoms with Crippen LogP contribution in [0, 0.1) is 6.92 Å². The van der Waals surface area contributed by atoms with Gasteiger partial charge in [-0.15, -0.1) is 0 Å². The molecule has 0 fully saturated rings. The third kappa shape index (κ3) is 4.96. The van der Waals surface area contributed by atoms with E-state index in [-0.39, 0.29) is 6.54 Å². The lowest BCUT2D eigenvalue weighted by Crippen LogP contribution is -2.38. The van der Waals surface area contributed by atoms with Gasteiger partial charge in [0.15, 0.2) is 0 Å². The van der Waals surface area contributed by atoms with Crippen molar-refractivity contribution in [1.82, 2.24) is 0 Å². The summed E-state index contributed by atoms with van der Waals surface area (Å²) in [6.07, 6.45) is 1.84. The highest BCUT2D eigenvalue weighted by atomic mass is 35.5. The third-order valence-corrected chi connectivity index (χ3v) is 5.15. The Morgan fingerprint density at radius 1 is 1.20 bits per heavy atom. The van der Waals surface area contributed by atoms with Gasteiger partial charge in [-0.25, -0.2) is 8.42 Å². The first-order valence-electron chi connectivity index (χ1n) is 7.84. The number of sulfonamides is 1. The molecule has 0 aliphatic carbocycles. The SMILES string of the molecule is CCc1ccccc1NC(=O)CN(c1ccc(Cl)cc1C)S(C)(=O)=O. The Labute approximate surface area is 153 Å². The van der Waals surface area contributed by atoms with E-state index in [4.69, 9.17) is 11.6 Å². The molecule has 7 heteroatoms. The van der Waals surface area contributed by atoms with Crippen molar-refractivity contribution in [3.8, 4) is 0 Å². The number of para-hydroxylation sites is 1. The average molecular weight is 381 g/mol. The number of aryl methyl sites for hydroxylation is 2. The highest BCUT2D eigenvalue weighted by Crippen LogP contribution is 2.25. The van der Waals surface area contributed by atoms with Gasteiger partial charge in [-0.05, 0) is 48.7 Å². The van der Waals surface area contributed by atoms with Crippen molar-refractivity contribution in [3.63, 3.8) is 0 Å². The van der Waals surface area contributed by atoms with Crippen LogP contribution in [0.25, 0.3) is 0 Å². The van der Waals surface area contributed by atoms with E-state index in [2.05, 4.69) is 5.32 Å². The fraction of sp³-hybridized carbons (Fsp3) is 0.278. The van der Waals surface area contributed by atoms with Crippen LogP contribution in [0.3, 0.4) is 0 Å². The molecule has 0 aliphatic heterocycles. The van der Waals surface area contributed by atoms with E-state index in [1.165, 1.54) is 0 Å². The fourth-order valence-electron chi connectivity index (χ4n) is 2.55. The number of hydrogen-bond acceptors (Lipinski definition) is 3. The number of carbonyl (C=O) groups is 1. The van der Waals surface area contributed by atoms with Crippen LogP contribution in [-0.2, 0) is 21.2 Å². The number of anilines is 2. The van der Waals surface area contributed by atoms with Crippen LogP contribution in [-0.4, -0.2) is 27.1 Å². The van der Waals surface area contributed by atoms with E-state index in [9.17, 15) is 13.2 Å². The molecule has 0 aliphatic rings. The van der Waals surface area contributed by atoms with E-state index < -0.39 is 15.9 Å². The highest BCUT2D eigenvalue weighted by molar-refractivity contribution is 7.92. The molecule has 0 heterocycles. The van der Waals surface area contributed by atoms with Gasteiger partial charge in [-0.2, -0.15) is 0 Å². The Balaban J connectivity index is 2.27. The maximum absolute atomic E-state index is 12.4. The minimum absolute atomic E-state index is 0.306. The average Bonchev–Trinajstić information content (AvgIpc) is 2.53. The predicted molar refractivity (Wildman–Crippen MR) is 103 cm³/mol. The first-order valence-corrected chi connectivity index (χ1v) is 10.1. The zero-order valence-electron chi connectivity index (χ0n) is 14.4. The molecule has 0 radical (unpaired) electrons. The van der Waals surface area contributed by atoms with Crippen molar-refractivity contribution < 1.29 is 13.2 Å². The number of rotatable bonds is 6. The number of hydrogen-bond donors (Lipinski definition) is 1. The van der Waals surface area contributed by atoms with E-state index in [0.29, 0.717) is 22.0 Å². The van der Waals surface area contributed by atoms with Crippen molar-refractivity contribution in [2.75, 3.05) is 22.4 Å². The molecule has 0 unspecified atom stereocenters. The molecular weight excluding hydrogens is 360 g/mol. The minimum atomic E-state index is -3.63. The Kier molecular flexibility index (Phi) is 6.08. The number of carbonyl (C=O) groups excluding carboxylic acids is 1. The number of halogens is 1. The van der Waals surface area contributed by atoms with Crippen LogP contribution >= 0.6 is 11.6 Å². The summed E-state index contributed by atoms with van der Waals surface area (Å²) in [6, 6.07) is 12.3. The molecule has 0 saturated carbocycles. The van der Waals surface area contributed by atoms with Gasteiger partial charge in [0.05, 0.1) is 11.9 Å². The molecule has 2 rings (SSSR count). The molecule has 25 heavy (non-hydrogen) atoms. The number of nitrogens with one attached hydrogen (secondary N) is 1. The second kappa shape index (κ2) is 7.89. The second-order valence-electron chi connectivity index (χ2n) is 5.76. The summed E-state index contributed by atoms with van der Waals surface area (Å²) in [4.78, 5) is 12.4. The molecular formula is C18H21ClN2O3S. The standard InChI is InChI=1S/C18H21ClN2O3S/c1-4-14-7-5-6-8-16(14)20-18(22)12-21(25(3,23)24)17-10-9-15(19)11-13(17)2/h5-11H,4,12H2,1-3H3,(H,20,22). The van der Waals surface area contributed by atoms with Gasteiger partial charge in [0.2, 0.25) is 15.9 Å². The molecule has 5 nitrogen and oxygen atoms in total. The number of nitrogens with zero attached hydrogens (tertiary/aromatic N) is 1. The summed E-state index contributed by atoms with van der Waals surface area (Å²) < 4.78 is 25.5.